The predicted octanol–water partition coefficient (Wildman–Crippen LogP) is 4.43. The minimum absolute atomic E-state index is 0.112. The van der Waals surface area contributed by atoms with Gasteiger partial charge in [-0.1, -0.05) is 29.3 Å². The molecular formula is C23H28Cl2N2O5S. The SMILES string of the molecule is COc1ccc(OC)c([C@H](C)NC(=O)C2CCN(S(=O)(=O)Cc3c(Cl)cccc3Cl)CC2)c1. The van der Waals surface area contributed by atoms with Crippen molar-refractivity contribution < 1.29 is 22.7 Å². The summed E-state index contributed by atoms with van der Waals surface area (Å²) in [6.45, 7) is 2.40. The Labute approximate surface area is 205 Å². The van der Waals surface area contributed by atoms with Crippen LogP contribution in [0.4, 0.5) is 0 Å². The van der Waals surface area contributed by atoms with Crippen molar-refractivity contribution in [2.24, 2.45) is 5.92 Å². The molecule has 1 aliphatic heterocycles. The third-order valence-electron chi connectivity index (χ3n) is 5.87. The lowest BCUT2D eigenvalue weighted by atomic mass is 9.96. The lowest BCUT2D eigenvalue weighted by Gasteiger charge is -2.31. The van der Waals surface area contributed by atoms with Crippen molar-refractivity contribution in [3.05, 3.63) is 57.6 Å². The van der Waals surface area contributed by atoms with E-state index in [0.717, 1.165) is 5.56 Å². The van der Waals surface area contributed by atoms with Crippen LogP contribution < -0.4 is 14.8 Å². The van der Waals surface area contributed by atoms with Gasteiger partial charge in [-0.2, -0.15) is 0 Å². The quantitative estimate of drug-likeness (QED) is 0.563. The normalized spacial score (nSPS) is 16.3. The zero-order valence-corrected chi connectivity index (χ0v) is 21.1. The van der Waals surface area contributed by atoms with Gasteiger partial charge in [-0.05, 0) is 50.1 Å². The molecule has 1 saturated heterocycles. The molecule has 0 spiro atoms. The number of methoxy groups -OCH3 is 2. The summed E-state index contributed by atoms with van der Waals surface area (Å²) in [4.78, 5) is 12.9. The van der Waals surface area contributed by atoms with E-state index < -0.39 is 10.0 Å². The fourth-order valence-corrected chi connectivity index (χ4v) is 6.24. The van der Waals surface area contributed by atoms with Crippen LogP contribution in [0.15, 0.2) is 36.4 Å². The molecule has 0 bridgehead atoms. The topological polar surface area (TPSA) is 84.9 Å². The molecule has 33 heavy (non-hydrogen) atoms. The second kappa shape index (κ2) is 11.0. The maximum absolute atomic E-state index is 12.9. The molecule has 3 rings (SSSR count). The van der Waals surface area contributed by atoms with Gasteiger partial charge in [0.05, 0.1) is 26.0 Å². The number of nitrogens with one attached hydrogen (secondary N) is 1. The summed E-state index contributed by atoms with van der Waals surface area (Å²) in [5, 5.41) is 3.67. The standard InChI is InChI=1S/C23H28Cl2N2O5S/c1-15(18-13-17(31-2)7-8-22(18)32-3)26-23(28)16-9-11-27(12-10-16)33(29,30)14-19-20(24)5-4-6-21(19)25/h4-8,13,15-16H,9-12,14H2,1-3H3,(H,26,28)/t15-/m0/s1. The number of hydrogen-bond acceptors (Lipinski definition) is 5. The van der Waals surface area contributed by atoms with E-state index in [1.165, 1.54) is 4.31 Å². The van der Waals surface area contributed by atoms with E-state index in [1.807, 2.05) is 13.0 Å². The summed E-state index contributed by atoms with van der Waals surface area (Å²) >= 11 is 12.3. The van der Waals surface area contributed by atoms with Gasteiger partial charge in [0, 0.05) is 40.2 Å². The van der Waals surface area contributed by atoms with Crippen LogP contribution in [0.1, 0.15) is 36.9 Å². The van der Waals surface area contributed by atoms with Gasteiger partial charge in [-0.25, -0.2) is 12.7 Å². The molecule has 1 fully saturated rings. The van der Waals surface area contributed by atoms with Gasteiger partial charge >= 0.3 is 0 Å². The van der Waals surface area contributed by atoms with Crippen molar-refractivity contribution in [2.45, 2.75) is 31.6 Å². The number of sulfonamides is 1. The van der Waals surface area contributed by atoms with Gasteiger partial charge in [-0.15, -0.1) is 0 Å². The number of carbonyl (C=O) groups is 1. The summed E-state index contributed by atoms with van der Waals surface area (Å²) in [7, 11) is -0.456. The maximum Gasteiger partial charge on any atom is 0.223 e. The molecular weight excluding hydrogens is 487 g/mol. The average Bonchev–Trinajstić information content (AvgIpc) is 2.81. The molecule has 2 aromatic rings. The van der Waals surface area contributed by atoms with Gasteiger partial charge < -0.3 is 14.8 Å². The predicted molar refractivity (Wildman–Crippen MR) is 129 cm³/mol. The van der Waals surface area contributed by atoms with Crippen molar-refractivity contribution in [1.29, 1.82) is 0 Å². The Morgan fingerprint density at radius 1 is 1.12 bits per heavy atom. The zero-order chi connectivity index (χ0) is 24.2. The second-order valence-corrected chi connectivity index (χ2v) is 10.8. The van der Waals surface area contributed by atoms with E-state index in [9.17, 15) is 13.2 Å². The molecule has 1 N–H and O–H groups in total. The van der Waals surface area contributed by atoms with Crippen molar-refractivity contribution in [3.63, 3.8) is 0 Å². The molecule has 2 aromatic carbocycles. The fourth-order valence-electron chi connectivity index (χ4n) is 3.93. The first-order valence-corrected chi connectivity index (χ1v) is 13.0. The molecule has 1 aliphatic rings. The zero-order valence-electron chi connectivity index (χ0n) is 18.8. The van der Waals surface area contributed by atoms with Gasteiger partial charge in [0.25, 0.3) is 0 Å². The number of nitrogens with zero attached hydrogens (tertiary/aromatic N) is 1. The lowest BCUT2D eigenvalue weighted by molar-refractivity contribution is -0.126. The van der Waals surface area contributed by atoms with E-state index in [0.29, 0.717) is 39.9 Å². The van der Waals surface area contributed by atoms with E-state index >= 15 is 0 Å². The van der Waals surface area contributed by atoms with Crippen LogP contribution >= 0.6 is 23.2 Å². The smallest absolute Gasteiger partial charge is 0.223 e. The van der Waals surface area contributed by atoms with Crippen LogP contribution in [0.2, 0.25) is 10.0 Å². The molecule has 7 nitrogen and oxygen atoms in total. The summed E-state index contributed by atoms with van der Waals surface area (Å²) in [5.74, 6) is 0.666. The number of ether oxygens (including phenoxy) is 2. The van der Waals surface area contributed by atoms with Crippen LogP contribution in [0.5, 0.6) is 11.5 Å². The molecule has 0 saturated carbocycles. The molecule has 1 amide bonds. The van der Waals surface area contributed by atoms with E-state index in [1.54, 1.807) is 44.6 Å². The highest BCUT2D eigenvalue weighted by atomic mass is 35.5. The third-order valence-corrected chi connectivity index (χ3v) is 8.38. The number of piperidine rings is 1. The van der Waals surface area contributed by atoms with Crippen LogP contribution in [0, 0.1) is 5.92 Å². The first-order valence-electron chi connectivity index (χ1n) is 10.6. The molecule has 1 atom stereocenters. The highest BCUT2D eigenvalue weighted by Crippen LogP contribution is 2.31. The number of hydrogen-bond donors (Lipinski definition) is 1. The Morgan fingerprint density at radius 3 is 2.33 bits per heavy atom. The Morgan fingerprint density at radius 2 is 1.76 bits per heavy atom. The summed E-state index contributed by atoms with van der Waals surface area (Å²) in [6.07, 6.45) is 0.868. The number of amides is 1. The first kappa shape index (κ1) is 25.6. The second-order valence-electron chi connectivity index (χ2n) is 7.97. The molecule has 1 heterocycles. The van der Waals surface area contributed by atoms with Crippen LogP contribution in [-0.4, -0.2) is 45.9 Å². The highest BCUT2D eigenvalue weighted by molar-refractivity contribution is 7.88. The monoisotopic (exact) mass is 514 g/mol. The molecule has 10 heteroatoms. The van der Waals surface area contributed by atoms with Gasteiger partial charge in [0.1, 0.15) is 11.5 Å². The van der Waals surface area contributed by atoms with Crippen molar-refractivity contribution in [3.8, 4) is 11.5 Å². The Hall–Kier alpha value is -2.00. The third kappa shape index (κ3) is 6.12. The van der Waals surface area contributed by atoms with Crippen molar-refractivity contribution in [2.75, 3.05) is 27.3 Å². The average molecular weight is 515 g/mol. The van der Waals surface area contributed by atoms with Crippen LogP contribution in [0.3, 0.4) is 0 Å². The Bertz CT molecular complexity index is 1080. The Balaban J connectivity index is 1.61. The molecule has 0 radical (unpaired) electrons. The summed E-state index contributed by atoms with van der Waals surface area (Å²) in [5.41, 5.74) is 1.20. The highest BCUT2D eigenvalue weighted by Gasteiger charge is 2.32. The summed E-state index contributed by atoms with van der Waals surface area (Å²) in [6, 6.07) is 10.0. The molecule has 180 valence electrons. The molecule has 0 unspecified atom stereocenters. The van der Waals surface area contributed by atoms with E-state index in [2.05, 4.69) is 5.32 Å². The molecule has 0 aromatic heterocycles. The van der Waals surface area contributed by atoms with E-state index in [-0.39, 0.29) is 36.7 Å². The van der Waals surface area contributed by atoms with Gasteiger partial charge in [0.2, 0.25) is 15.9 Å². The molecule has 0 aliphatic carbocycles. The number of halogens is 2. The minimum atomic E-state index is -3.61. The van der Waals surface area contributed by atoms with E-state index in [4.69, 9.17) is 32.7 Å². The van der Waals surface area contributed by atoms with Crippen LogP contribution in [0.25, 0.3) is 0 Å². The van der Waals surface area contributed by atoms with Gasteiger partial charge in [0.15, 0.2) is 0 Å². The maximum atomic E-state index is 12.9. The first-order chi connectivity index (χ1) is 15.7. The van der Waals surface area contributed by atoms with Crippen LogP contribution in [-0.2, 0) is 20.6 Å². The largest absolute Gasteiger partial charge is 0.497 e. The number of carbonyl (C=O) groups excluding carboxylic acids is 1. The van der Waals surface area contributed by atoms with Crippen molar-refractivity contribution in [1.82, 2.24) is 9.62 Å². The van der Waals surface area contributed by atoms with Gasteiger partial charge in [-0.3, -0.25) is 4.79 Å². The van der Waals surface area contributed by atoms with Crippen molar-refractivity contribution >= 4 is 39.1 Å². The Kier molecular flexibility index (Phi) is 8.50. The number of benzene rings is 2. The lowest BCUT2D eigenvalue weighted by Crippen LogP contribution is -2.43. The minimum Gasteiger partial charge on any atom is -0.497 e. The number of rotatable bonds is 8. The fraction of sp³-hybridized carbons (Fsp3) is 0.435. The summed E-state index contributed by atoms with van der Waals surface area (Å²) < 4.78 is 37.9.